The lowest BCUT2D eigenvalue weighted by Crippen LogP contribution is -2.02. The highest BCUT2D eigenvalue weighted by Gasteiger charge is 2.14. The zero-order valence-electron chi connectivity index (χ0n) is 8.39. The van der Waals surface area contributed by atoms with E-state index in [9.17, 15) is 9.18 Å². The number of benzene rings is 1. The topological polar surface area (TPSA) is 63.1 Å². The Labute approximate surface area is 101 Å². The van der Waals surface area contributed by atoms with Crippen molar-refractivity contribution < 1.29 is 14.3 Å². The van der Waals surface area contributed by atoms with Crippen LogP contribution in [-0.2, 0) is 0 Å². The molecule has 0 unspecified atom stereocenters. The highest BCUT2D eigenvalue weighted by Crippen LogP contribution is 2.25. The van der Waals surface area contributed by atoms with E-state index in [1.165, 1.54) is 24.7 Å². The zero-order chi connectivity index (χ0) is 12.4. The lowest BCUT2D eigenvalue weighted by molar-refractivity contribution is 0.0697. The molecule has 86 valence electrons. The van der Waals surface area contributed by atoms with E-state index >= 15 is 0 Å². The summed E-state index contributed by atoms with van der Waals surface area (Å²) < 4.78 is 13.0. The molecule has 0 bridgehead atoms. The van der Waals surface area contributed by atoms with E-state index < -0.39 is 11.8 Å². The fraction of sp³-hybridized carbons (Fsp3) is 0. The molecule has 0 amide bonds. The molecular weight excluding hydrogens is 247 g/mol. The Balaban J connectivity index is 2.60. The Morgan fingerprint density at radius 1 is 1.41 bits per heavy atom. The van der Waals surface area contributed by atoms with Crippen molar-refractivity contribution in [3.63, 3.8) is 0 Å². The van der Waals surface area contributed by atoms with E-state index in [1.54, 1.807) is 0 Å². The molecule has 2 aromatic rings. The molecule has 1 aromatic carbocycles. The predicted octanol–water partition coefficient (Wildman–Crippen LogP) is 2.63. The van der Waals surface area contributed by atoms with E-state index in [0.717, 1.165) is 6.07 Å². The van der Waals surface area contributed by atoms with Crippen LogP contribution in [0.25, 0.3) is 11.3 Å². The van der Waals surface area contributed by atoms with E-state index in [4.69, 9.17) is 16.7 Å². The van der Waals surface area contributed by atoms with Crippen LogP contribution >= 0.6 is 11.6 Å². The number of carbonyl (C=O) groups is 1. The molecule has 0 aliphatic heterocycles. The first-order valence-electron chi connectivity index (χ1n) is 4.58. The molecule has 17 heavy (non-hydrogen) atoms. The first kappa shape index (κ1) is 11.5. The van der Waals surface area contributed by atoms with Gasteiger partial charge in [0.05, 0.1) is 10.7 Å². The highest BCUT2D eigenvalue weighted by molar-refractivity contribution is 6.31. The fourth-order valence-electron chi connectivity index (χ4n) is 1.36. The summed E-state index contributed by atoms with van der Waals surface area (Å²) in [6.07, 6.45) is 2.40. The average molecular weight is 253 g/mol. The van der Waals surface area contributed by atoms with Gasteiger partial charge in [-0.1, -0.05) is 11.6 Å². The molecule has 2 rings (SSSR count). The maximum Gasteiger partial charge on any atom is 0.339 e. The van der Waals surface area contributed by atoms with Gasteiger partial charge in [-0.25, -0.2) is 19.2 Å². The molecule has 0 saturated carbocycles. The lowest BCUT2D eigenvalue weighted by Gasteiger charge is -2.04. The first-order chi connectivity index (χ1) is 8.09. The summed E-state index contributed by atoms with van der Waals surface area (Å²) in [5.41, 5.74) is 0.570. The number of hydrogen-bond donors (Lipinski definition) is 1. The third-order valence-corrected chi connectivity index (χ3v) is 2.43. The number of carboxylic acids is 1. The SMILES string of the molecule is O=C(O)c1cncnc1-c1ccc(F)c(Cl)c1. The van der Waals surface area contributed by atoms with Crippen LogP contribution in [0, 0.1) is 5.82 Å². The van der Waals surface area contributed by atoms with Gasteiger partial charge in [0.1, 0.15) is 17.7 Å². The Hall–Kier alpha value is -2.01. The number of carboxylic acid groups (broad SMARTS) is 1. The second kappa shape index (κ2) is 4.47. The standard InChI is InChI=1S/C11H6ClFN2O2/c12-8-3-6(1-2-9(8)13)10-7(11(16)17)4-14-5-15-10/h1-5H,(H,16,17). The van der Waals surface area contributed by atoms with E-state index in [-0.39, 0.29) is 16.3 Å². The number of nitrogens with zero attached hydrogens (tertiary/aromatic N) is 2. The smallest absolute Gasteiger partial charge is 0.339 e. The van der Waals surface area contributed by atoms with Gasteiger partial charge in [-0.05, 0) is 18.2 Å². The van der Waals surface area contributed by atoms with Gasteiger partial charge < -0.3 is 5.11 Å². The molecule has 0 aliphatic rings. The average Bonchev–Trinajstić information content (AvgIpc) is 2.32. The third-order valence-electron chi connectivity index (χ3n) is 2.14. The van der Waals surface area contributed by atoms with Crippen molar-refractivity contribution in [3.8, 4) is 11.3 Å². The second-order valence-corrected chi connectivity index (χ2v) is 3.63. The molecular formula is C11H6ClFN2O2. The van der Waals surface area contributed by atoms with E-state index in [2.05, 4.69) is 9.97 Å². The molecule has 0 saturated heterocycles. The molecule has 0 fully saturated rings. The predicted molar refractivity (Wildman–Crippen MR) is 59.4 cm³/mol. The molecule has 6 heteroatoms. The summed E-state index contributed by atoms with van der Waals surface area (Å²) in [4.78, 5) is 18.5. The first-order valence-corrected chi connectivity index (χ1v) is 4.96. The summed E-state index contributed by atoms with van der Waals surface area (Å²) in [7, 11) is 0. The minimum atomic E-state index is -1.15. The van der Waals surface area contributed by atoms with Crippen molar-refractivity contribution in [2.24, 2.45) is 0 Å². The van der Waals surface area contributed by atoms with Gasteiger partial charge in [0.15, 0.2) is 0 Å². The van der Waals surface area contributed by atoms with Crippen LogP contribution in [0.1, 0.15) is 10.4 Å². The maximum atomic E-state index is 13.0. The van der Waals surface area contributed by atoms with Crippen LogP contribution in [0.4, 0.5) is 4.39 Å². The van der Waals surface area contributed by atoms with E-state index in [0.29, 0.717) is 5.56 Å². The quantitative estimate of drug-likeness (QED) is 0.892. The number of aromatic nitrogens is 2. The summed E-state index contributed by atoms with van der Waals surface area (Å²) in [5, 5.41) is 8.88. The molecule has 1 N–H and O–H groups in total. The summed E-state index contributed by atoms with van der Waals surface area (Å²) in [6.45, 7) is 0. The summed E-state index contributed by atoms with van der Waals surface area (Å²) >= 11 is 5.63. The molecule has 0 aliphatic carbocycles. The number of hydrogen-bond acceptors (Lipinski definition) is 3. The number of rotatable bonds is 2. The Kier molecular flexibility index (Phi) is 3.01. The zero-order valence-corrected chi connectivity index (χ0v) is 9.15. The van der Waals surface area contributed by atoms with Crippen molar-refractivity contribution in [1.82, 2.24) is 9.97 Å². The lowest BCUT2D eigenvalue weighted by atomic mass is 10.1. The van der Waals surface area contributed by atoms with E-state index in [1.807, 2.05) is 0 Å². The van der Waals surface area contributed by atoms with Crippen LogP contribution in [-0.4, -0.2) is 21.0 Å². The van der Waals surface area contributed by atoms with Gasteiger partial charge in [-0.15, -0.1) is 0 Å². The Morgan fingerprint density at radius 3 is 2.82 bits per heavy atom. The highest BCUT2D eigenvalue weighted by atomic mass is 35.5. The maximum absolute atomic E-state index is 13.0. The van der Waals surface area contributed by atoms with Gasteiger partial charge in [-0.3, -0.25) is 0 Å². The van der Waals surface area contributed by atoms with Gasteiger partial charge in [-0.2, -0.15) is 0 Å². The van der Waals surface area contributed by atoms with Crippen LogP contribution in [0.2, 0.25) is 5.02 Å². The van der Waals surface area contributed by atoms with Crippen molar-refractivity contribution in [2.45, 2.75) is 0 Å². The molecule has 1 aromatic heterocycles. The molecule has 0 spiro atoms. The Bertz CT molecular complexity index is 589. The molecule has 1 heterocycles. The third kappa shape index (κ3) is 2.24. The second-order valence-electron chi connectivity index (χ2n) is 3.22. The van der Waals surface area contributed by atoms with Gasteiger partial charge in [0.2, 0.25) is 0 Å². The normalized spacial score (nSPS) is 10.2. The van der Waals surface area contributed by atoms with Gasteiger partial charge in [0, 0.05) is 11.8 Å². The molecule has 0 atom stereocenters. The largest absolute Gasteiger partial charge is 0.478 e. The van der Waals surface area contributed by atoms with Crippen LogP contribution in [0.3, 0.4) is 0 Å². The van der Waals surface area contributed by atoms with Crippen LogP contribution in [0.5, 0.6) is 0 Å². The van der Waals surface area contributed by atoms with Gasteiger partial charge in [0.25, 0.3) is 0 Å². The van der Waals surface area contributed by atoms with Gasteiger partial charge >= 0.3 is 5.97 Å². The number of aromatic carboxylic acids is 1. The van der Waals surface area contributed by atoms with Crippen molar-refractivity contribution in [1.29, 1.82) is 0 Å². The summed E-state index contributed by atoms with van der Waals surface area (Å²) in [5.74, 6) is -1.72. The fourth-order valence-corrected chi connectivity index (χ4v) is 1.54. The van der Waals surface area contributed by atoms with Crippen molar-refractivity contribution >= 4 is 17.6 Å². The summed E-state index contributed by atoms with van der Waals surface area (Å²) in [6, 6.07) is 3.90. The molecule has 4 nitrogen and oxygen atoms in total. The minimum absolute atomic E-state index is 0.0600. The minimum Gasteiger partial charge on any atom is -0.478 e. The van der Waals surface area contributed by atoms with Crippen LogP contribution < -0.4 is 0 Å². The monoisotopic (exact) mass is 252 g/mol. The Morgan fingerprint density at radius 2 is 2.18 bits per heavy atom. The molecule has 0 radical (unpaired) electrons. The number of halogens is 2. The van der Waals surface area contributed by atoms with Crippen molar-refractivity contribution in [3.05, 3.63) is 47.1 Å². The van der Waals surface area contributed by atoms with Crippen molar-refractivity contribution in [2.75, 3.05) is 0 Å². The van der Waals surface area contributed by atoms with Crippen LogP contribution in [0.15, 0.2) is 30.7 Å².